The molecule has 9 heteroatoms. The second kappa shape index (κ2) is 10.4. The Morgan fingerprint density at radius 2 is 1.69 bits per heavy atom. The number of aromatic nitrogens is 1. The SMILES string of the molecule is CC(C)c1nc2c(c3c1[C@@H](c1ccc(C(F)(F)F)cc1F)OC31CCOCC1)C(O[Si](C)(C)C(C)(C)C)CC(C)(C)C2. The summed E-state index contributed by atoms with van der Waals surface area (Å²) in [5.41, 5.74) is 2.97. The molecule has 3 heterocycles. The van der Waals surface area contributed by atoms with Gasteiger partial charge in [-0.05, 0) is 60.0 Å². The molecule has 1 saturated heterocycles. The fraction of sp³-hybridized carbons (Fsp3) is 0.667. The van der Waals surface area contributed by atoms with Gasteiger partial charge in [0, 0.05) is 54.1 Å². The number of ether oxygens (including phenoxy) is 2. The maximum absolute atomic E-state index is 15.6. The molecule has 1 aromatic carbocycles. The van der Waals surface area contributed by atoms with Crippen LogP contribution in [0.3, 0.4) is 0 Å². The van der Waals surface area contributed by atoms with Gasteiger partial charge in [0.25, 0.3) is 0 Å². The van der Waals surface area contributed by atoms with Gasteiger partial charge in [-0.15, -0.1) is 0 Å². The maximum Gasteiger partial charge on any atom is 0.416 e. The number of hydrogen-bond donors (Lipinski definition) is 0. The van der Waals surface area contributed by atoms with Crippen LogP contribution in [0.4, 0.5) is 17.6 Å². The molecule has 1 spiro atoms. The molecule has 1 unspecified atom stereocenters. The van der Waals surface area contributed by atoms with Crippen LogP contribution in [-0.2, 0) is 32.1 Å². The van der Waals surface area contributed by atoms with Gasteiger partial charge in [-0.1, -0.05) is 54.5 Å². The standard InChI is InChI=1S/C33H45F4NO3Si/c1-19(2)28-26-27(25-23(38-28)17-31(6,7)18-24(25)41-42(8,9)30(3,4)5)32(12-14-39-15-13-32)40-29(26)21-11-10-20(16-22(21)34)33(35,36)37/h10-11,16,19,24,29H,12-15,17-18H2,1-9H3/t24?,29-/m1/s1. The van der Waals surface area contributed by atoms with Crippen LogP contribution in [0.25, 0.3) is 0 Å². The largest absolute Gasteiger partial charge is 0.416 e. The summed E-state index contributed by atoms with van der Waals surface area (Å²) in [4.78, 5) is 5.28. The van der Waals surface area contributed by atoms with Gasteiger partial charge in [0.1, 0.15) is 11.9 Å². The fourth-order valence-corrected chi connectivity index (χ4v) is 7.94. The van der Waals surface area contributed by atoms with E-state index in [0.717, 1.165) is 47.0 Å². The van der Waals surface area contributed by atoms with Crippen molar-refractivity contribution in [2.75, 3.05) is 13.2 Å². The topological polar surface area (TPSA) is 40.6 Å². The number of fused-ring (bicyclic) bond motifs is 4. The number of benzene rings is 1. The highest BCUT2D eigenvalue weighted by Crippen LogP contribution is 2.59. The molecule has 2 aliphatic heterocycles. The molecule has 0 saturated carbocycles. The minimum Gasteiger partial charge on any atom is -0.410 e. The first kappa shape index (κ1) is 31.6. The van der Waals surface area contributed by atoms with E-state index < -0.39 is 37.6 Å². The summed E-state index contributed by atoms with van der Waals surface area (Å²) in [5, 5.41) is -0.0119. The second-order valence-corrected chi connectivity index (χ2v) is 19.8. The smallest absolute Gasteiger partial charge is 0.410 e. The molecule has 3 aliphatic rings. The molecular formula is C33H45F4NO3Si. The molecule has 0 radical (unpaired) electrons. The summed E-state index contributed by atoms with van der Waals surface area (Å²) < 4.78 is 75.9. The van der Waals surface area contributed by atoms with Crippen molar-refractivity contribution in [3.05, 3.63) is 63.2 Å². The van der Waals surface area contributed by atoms with Gasteiger partial charge in [0.2, 0.25) is 0 Å². The predicted molar refractivity (Wildman–Crippen MR) is 158 cm³/mol. The number of halogens is 4. The third-order valence-electron chi connectivity index (χ3n) is 9.85. The van der Waals surface area contributed by atoms with Crippen LogP contribution in [0.5, 0.6) is 0 Å². The molecular weight excluding hydrogens is 562 g/mol. The van der Waals surface area contributed by atoms with E-state index in [1.165, 1.54) is 6.07 Å². The normalized spacial score (nSPS) is 23.8. The highest BCUT2D eigenvalue weighted by Gasteiger charge is 2.54. The highest BCUT2D eigenvalue weighted by atomic mass is 28.4. The van der Waals surface area contributed by atoms with Crippen LogP contribution in [0.1, 0.15) is 125 Å². The number of alkyl halides is 3. The van der Waals surface area contributed by atoms with Gasteiger partial charge >= 0.3 is 6.18 Å². The van der Waals surface area contributed by atoms with Crippen molar-refractivity contribution < 1.29 is 31.5 Å². The zero-order valence-corrected chi connectivity index (χ0v) is 27.4. The first-order valence-corrected chi connectivity index (χ1v) is 18.0. The van der Waals surface area contributed by atoms with Gasteiger partial charge in [0.15, 0.2) is 8.32 Å². The van der Waals surface area contributed by atoms with Gasteiger partial charge in [-0.3, -0.25) is 4.98 Å². The van der Waals surface area contributed by atoms with Crippen molar-refractivity contribution in [1.82, 2.24) is 4.98 Å². The first-order chi connectivity index (χ1) is 19.3. The summed E-state index contributed by atoms with van der Waals surface area (Å²) in [6.45, 7) is 20.8. The quantitative estimate of drug-likeness (QED) is 0.256. The molecule has 2 atom stereocenters. The Morgan fingerprint density at radius 1 is 1.05 bits per heavy atom. The Balaban J connectivity index is 1.79. The van der Waals surface area contributed by atoms with E-state index in [1.54, 1.807) is 0 Å². The average Bonchev–Trinajstić information content (AvgIpc) is 3.15. The zero-order chi connectivity index (χ0) is 31.0. The summed E-state index contributed by atoms with van der Waals surface area (Å²) in [6, 6.07) is 2.77. The summed E-state index contributed by atoms with van der Waals surface area (Å²) >= 11 is 0. The fourth-order valence-electron chi connectivity index (χ4n) is 6.67. The van der Waals surface area contributed by atoms with Gasteiger partial charge in [0.05, 0.1) is 17.3 Å². The van der Waals surface area contributed by atoms with Crippen molar-refractivity contribution in [3.63, 3.8) is 0 Å². The van der Waals surface area contributed by atoms with Crippen molar-refractivity contribution in [3.8, 4) is 0 Å². The number of nitrogens with zero attached hydrogens (tertiary/aromatic N) is 1. The van der Waals surface area contributed by atoms with E-state index in [0.29, 0.717) is 32.1 Å². The lowest BCUT2D eigenvalue weighted by molar-refractivity contribution is -0.138. The Hall–Kier alpha value is -1.81. The molecule has 1 aliphatic carbocycles. The second-order valence-electron chi connectivity index (χ2n) is 15.1. The average molecular weight is 608 g/mol. The van der Waals surface area contributed by atoms with E-state index in [9.17, 15) is 13.2 Å². The van der Waals surface area contributed by atoms with Crippen LogP contribution < -0.4 is 0 Å². The lowest BCUT2D eigenvalue weighted by Gasteiger charge is -2.46. The molecule has 1 aromatic heterocycles. The Kier molecular flexibility index (Phi) is 7.81. The van der Waals surface area contributed by atoms with Crippen molar-refractivity contribution in [1.29, 1.82) is 0 Å². The van der Waals surface area contributed by atoms with E-state index >= 15 is 4.39 Å². The van der Waals surface area contributed by atoms with Crippen molar-refractivity contribution >= 4 is 8.32 Å². The molecule has 4 nitrogen and oxygen atoms in total. The first-order valence-electron chi connectivity index (χ1n) is 15.1. The van der Waals surface area contributed by atoms with Crippen molar-refractivity contribution in [2.24, 2.45) is 5.41 Å². The molecule has 0 bridgehead atoms. The van der Waals surface area contributed by atoms with Crippen LogP contribution in [0.2, 0.25) is 18.1 Å². The molecule has 42 heavy (non-hydrogen) atoms. The lowest BCUT2D eigenvalue weighted by atomic mass is 9.70. The Labute approximate surface area is 248 Å². The molecule has 0 amide bonds. The summed E-state index contributed by atoms with van der Waals surface area (Å²) in [5.74, 6) is -0.931. The Morgan fingerprint density at radius 3 is 2.24 bits per heavy atom. The van der Waals surface area contributed by atoms with Crippen LogP contribution in [0, 0.1) is 11.2 Å². The number of pyridine rings is 1. The third-order valence-corrected chi connectivity index (χ3v) is 14.3. The van der Waals surface area contributed by atoms with E-state index in [-0.39, 0.29) is 28.0 Å². The number of hydrogen-bond acceptors (Lipinski definition) is 4. The summed E-state index contributed by atoms with van der Waals surface area (Å²) in [7, 11) is -2.23. The van der Waals surface area contributed by atoms with Crippen LogP contribution in [0.15, 0.2) is 18.2 Å². The van der Waals surface area contributed by atoms with E-state index in [4.69, 9.17) is 18.9 Å². The monoisotopic (exact) mass is 607 g/mol. The molecule has 1 fully saturated rings. The molecule has 232 valence electrons. The molecule has 5 rings (SSSR count). The van der Waals surface area contributed by atoms with Gasteiger partial charge in [-0.2, -0.15) is 13.2 Å². The highest BCUT2D eigenvalue weighted by molar-refractivity contribution is 6.74. The zero-order valence-electron chi connectivity index (χ0n) is 26.4. The van der Waals surface area contributed by atoms with Gasteiger partial charge < -0.3 is 13.9 Å². The lowest BCUT2D eigenvalue weighted by Crippen LogP contribution is -2.45. The Bertz CT molecular complexity index is 1360. The maximum atomic E-state index is 15.6. The minimum absolute atomic E-state index is 0.00699. The van der Waals surface area contributed by atoms with E-state index in [1.807, 2.05) is 0 Å². The predicted octanol–water partition coefficient (Wildman–Crippen LogP) is 9.52. The minimum atomic E-state index is -4.64. The van der Waals surface area contributed by atoms with Crippen molar-refractivity contribution in [2.45, 2.75) is 122 Å². The summed E-state index contributed by atoms with van der Waals surface area (Å²) in [6.07, 6.45) is -3.00. The number of rotatable bonds is 4. The van der Waals surface area contributed by atoms with Gasteiger partial charge in [-0.25, -0.2) is 4.39 Å². The van der Waals surface area contributed by atoms with E-state index in [2.05, 4.69) is 61.6 Å². The third kappa shape index (κ3) is 5.48. The van der Waals surface area contributed by atoms with Crippen LogP contribution in [-0.4, -0.2) is 26.5 Å². The molecule has 2 aromatic rings. The molecule has 0 N–H and O–H groups in total. The van der Waals surface area contributed by atoms with Crippen LogP contribution >= 0.6 is 0 Å².